The molecule has 1 saturated heterocycles. The van der Waals surface area contributed by atoms with Gasteiger partial charge < -0.3 is 10.1 Å². The van der Waals surface area contributed by atoms with E-state index in [4.69, 9.17) is 4.74 Å². The van der Waals surface area contributed by atoms with Crippen molar-refractivity contribution >= 4 is 27.7 Å². The molecular formula is C12H23NO2S2. The first kappa shape index (κ1) is 15.0. The Bertz CT molecular complexity index is 235. The van der Waals surface area contributed by atoms with E-state index in [9.17, 15) is 4.79 Å². The second-order valence-corrected chi connectivity index (χ2v) is 8.04. The molecule has 0 aromatic heterocycles. The van der Waals surface area contributed by atoms with Crippen molar-refractivity contribution in [2.24, 2.45) is 0 Å². The van der Waals surface area contributed by atoms with Gasteiger partial charge in [0.25, 0.3) is 0 Å². The number of nitrogens with one attached hydrogen (secondary N) is 1. The molecule has 0 aromatic rings. The first-order valence-electron chi connectivity index (χ1n) is 6.22. The Labute approximate surface area is 112 Å². The van der Waals surface area contributed by atoms with Crippen molar-refractivity contribution in [2.45, 2.75) is 57.3 Å². The lowest BCUT2D eigenvalue weighted by molar-refractivity contribution is 0.0527. The number of hydrogen-bond acceptors (Lipinski definition) is 4. The molecule has 1 heterocycles. The molecule has 0 aliphatic carbocycles. The summed E-state index contributed by atoms with van der Waals surface area (Å²) in [5.74, 6) is 1.30. The molecule has 1 amide bonds. The molecule has 1 rings (SSSR count). The molecule has 1 N–H and O–H groups in total. The van der Waals surface area contributed by atoms with E-state index in [1.807, 2.05) is 42.4 Å². The average molecular weight is 277 g/mol. The largest absolute Gasteiger partial charge is 0.444 e. The topological polar surface area (TPSA) is 38.3 Å². The zero-order valence-corrected chi connectivity index (χ0v) is 12.6. The van der Waals surface area contributed by atoms with Crippen molar-refractivity contribution in [3.63, 3.8) is 0 Å². The number of carbonyl (C=O) groups is 1. The van der Waals surface area contributed by atoms with Crippen LogP contribution in [0.25, 0.3) is 0 Å². The van der Waals surface area contributed by atoms with Gasteiger partial charge in [0.1, 0.15) is 5.60 Å². The maximum Gasteiger partial charge on any atom is 0.407 e. The molecule has 0 spiro atoms. The summed E-state index contributed by atoms with van der Waals surface area (Å²) in [6.07, 6.45) is 4.54. The maximum atomic E-state index is 11.3. The lowest BCUT2D eigenvalue weighted by atomic mass is 10.1. The van der Waals surface area contributed by atoms with Gasteiger partial charge in [-0.3, -0.25) is 0 Å². The van der Waals surface area contributed by atoms with E-state index in [1.165, 1.54) is 25.0 Å². The van der Waals surface area contributed by atoms with Crippen molar-refractivity contribution in [3.05, 3.63) is 0 Å². The lowest BCUT2D eigenvalue weighted by Crippen LogP contribution is -2.33. The Morgan fingerprint density at radius 1 is 1.41 bits per heavy atom. The van der Waals surface area contributed by atoms with Crippen molar-refractivity contribution in [3.8, 4) is 0 Å². The first-order chi connectivity index (χ1) is 7.97. The van der Waals surface area contributed by atoms with E-state index in [0.717, 1.165) is 18.2 Å². The van der Waals surface area contributed by atoms with Gasteiger partial charge in [-0.05, 0) is 40.0 Å². The molecule has 0 bridgehead atoms. The number of amides is 1. The van der Waals surface area contributed by atoms with Gasteiger partial charge in [0.2, 0.25) is 0 Å². The summed E-state index contributed by atoms with van der Waals surface area (Å²) in [4.78, 5) is 11.3. The van der Waals surface area contributed by atoms with Crippen LogP contribution in [0.4, 0.5) is 4.79 Å². The van der Waals surface area contributed by atoms with Crippen LogP contribution in [-0.2, 0) is 4.74 Å². The molecule has 1 aliphatic rings. The molecule has 3 nitrogen and oxygen atoms in total. The number of rotatable bonds is 5. The van der Waals surface area contributed by atoms with Crippen LogP contribution in [0.1, 0.15) is 46.5 Å². The predicted molar refractivity (Wildman–Crippen MR) is 76.5 cm³/mol. The average Bonchev–Trinajstić information content (AvgIpc) is 2.67. The van der Waals surface area contributed by atoms with Crippen LogP contribution in [-0.4, -0.2) is 29.2 Å². The van der Waals surface area contributed by atoms with Crippen LogP contribution >= 0.6 is 21.6 Å². The fourth-order valence-corrected chi connectivity index (χ4v) is 4.59. The standard InChI is InChI=1S/C12H23NO2S2/c1-12(2,3)15-11(14)13-8-5-4-6-10-7-9-16-17-10/h10H,4-9H2,1-3H3,(H,13,14). The van der Waals surface area contributed by atoms with Crippen LogP contribution in [0.2, 0.25) is 0 Å². The highest BCUT2D eigenvalue weighted by atomic mass is 33.1. The molecule has 17 heavy (non-hydrogen) atoms. The SMILES string of the molecule is CC(C)(C)OC(=O)NCCCCC1CCSS1. The minimum atomic E-state index is -0.401. The Kier molecular flexibility index (Phi) is 6.55. The highest BCUT2D eigenvalue weighted by Crippen LogP contribution is 2.39. The fourth-order valence-electron chi connectivity index (χ4n) is 1.57. The molecular weight excluding hydrogens is 254 g/mol. The number of unbranched alkanes of at least 4 members (excludes halogenated alkanes) is 1. The zero-order valence-electron chi connectivity index (χ0n) is 11.0. The van der Waals surface area contributed by atoms with Crippen LogP contribution < -0.4 is 5.32 Å². The summed E-state index contributed by atoms with van der Waals surface area (Å²) in [7, 11) is 4.00. The summed E-state index contributed by atoms with van der Waals surface area (Å²) < 4.78 is 5.16. The van der Waals surface area contributed by atoms with Gasteiger partial charge in [0.15, 0.2) is 0 Å². The Morgan fingerprint density at radius 3 is 2.76 bits per heavy atom. The zero-order chi connectivity index (χ0) is 12.7. The van der Waals surface area contributed by atoms with Gasteiger partial charge in [-0.25, -0.2) is 4.79 Å². The highest BCUT2D eigenvalue weighted by molar-refractivity contribution is 8.77. The Hall–Kier alpha value is -0.0300. The first-order valence-corrected chi connectivity index (χ1v) is 8.61. The lowest BCUT2D eigenvalue weighted by Gasteiger charge is -2.19. The van der Waals surface area contributed by atoms with Crippen LogP contribution in [0.5, 0.6) is 0 Å². The van der Waals surface area contributed by atoms with Gasteiger partial charge in [-0.15, -0.1) is 0 Å². The van der Waals surface area contributed by atoms with E-state index < -0.39 is 5.60 Å². The summed E-state index contributed by atoms with van der Waals surface area (Å²) in [5, 5.41) is 3.63. The molecule has 1 aliphatic heterocycles. The second kappa shape index (κ2) is 7.41. The normalized spacial score (nSPS) is 20.3. The number of alkyl carbamates (subject to hydrolysis) is 1. The summed E-state index contributed by atoms with van der Waals surface area (Å²) >= 11 is 0. The molecule has 1 fully saturated rings. The third-order valence-electron chi connectivity index (χ3n) is 2.35. The van der Waals surface area contributed by atoms with E-state index in [1.54, 1.807) is 0 Å². The van der Waals surface area contributed by atoms with Crippen molar-refractivity contribution in [1.29, 1.82) is 0 Å². The number of ether oxygens (including phenoxy) is 1. The molecule has 100 valence electrons. The molecule has 1 atom stereocenters. The number of hydrogen-bond donors (Lipinski definition) is 1. The molecule has 1 unspecified atom stereocenters. The van der Waals surface area contributed by atoms with Crippen molar-refractivity contribution in [1.82, 2.24) is 5.32 Å². The third-order valence-corrected chi connectivity index (χ3v) is 5.36. The van der Waals surface area contributed by atoms with Crippen molar-refractivity contribution in [2.75, 3.05) is 12.3 Å². The van der Waals surface area contributed by atoms with Crippen LogP contribution in [0.15, 0.2) is 0 Å². The van der Waals surface area contributed by atoms with Gasteiger partial charge in [-0.1, -0.05) is 28.0 Å². The quantitative estimate of drug-likeness (QED) is 0.612. The Morgan fingerprint density at radius 2 is 2.18 bits per heavy atom. The van der Waals surface area contributed by atoms with Crippen LogP contribution in [0.3, 0.4) is 0 Å². The molecule has 0 saturated carbocycles. The van der Waals surface area contributed by atoms with E-state index in [2.05, 4.69) is 5.32 Å². The third kappa shape index (κ3) is 7.82. The minimum Gasteiger partial charge on any atom is -0.444 e. The highest BCUT2D eigenvalue weighted by Gasteiger charge is 2.17. The summed E-state index contributed by atoms with van der Waals surface area (Å²) in [6.45, 7) is 6.35. The molecule has 0 aromatic carbocycles. The van der Waals surface area contributed by atoms with Gasteiger partial charge >= 0.3 is 6.09 Å². The van der Waals surface area contributed by atoms with Crippen molar-refractivity contribution < 1.29 is 9.53 Å². The van der Waals surface area contributed by atoms with Gasteiger partial charge in [-0.2, -0.15) is 0 Å². The van der Waals surface area contributed by atoms with E-state index in [-0.39, 0.29) is 6.09 Å². The molecule has 5 heteroatoms. The summed E-state index contributed by atoms with van der Waals surface area (Å²) in [5.41, 5.74) is -0.401. The van der Waals surface area contributed by atoms with E-state index in [0.29, 0.717) is 0 Å². The smallest absolute Gasteiger partial charge is 0.407 e. The summed E-state index contributed by atoms with van der Waals surface area (Å²) in [6, 6.07) is 0. The second-order valence-electron chi connectivity index (χ2n) is 5.25. The maximum absolute atomic E-state index is 11.3. The van der Waals surface area contributed by atoms with E-state index >= 15 is 0 Å². The Balaban J connectivity index is 1.94. The minimum absolute atomic E-state index is 0.303. The molecule has 0 radical (unpaired) electrons. The monoisotopic (exact) mass is 277 g/mol. The van der Waals surface area contributed by atoms with Crippen LogP contribution in [0, 0.1) is 0 Å². The van der Waals surface area contributed by atoms with Gasteiger partial charge in [0.05, 0.1) is 0 Å². The fraction of sp³-hybridized carbons (Fsp3) is 0.917. The predicted octanol–water partition coefficient (Wildman–Crippen LogP) is 3.84. The number of carbonyl (C=O) groups excluding carboxylic acids is 1. The van der Waals surface area contributed by atoms with Gasteiger partial charge in [0, 0.05) is 17.5 Å².